The van der Waals surface area contributed by atoms with E-state index in [0.29, 0.717) is 5.92 Å². The predicted octanol–water partition coefficient (Wildman–Crippen LogP) is 2.92. The van der Waals surface area contributed by atoms with Gasteiger partial charge in [0.05, 0.1) is 18.4 Å². The standard InChI is InChI=1S/C13H18N4/c1-5-10(4)8-17-13-12(7-15-17)14-6-11(16-13)9(2)3/h6-7,9H,4-5,8H2,1-3H3. The van der Waals surface area contributed by atoms with Crippen LogP contribution in [0.1, 0.15) is 38.8 Å². The van der Waals surface area contributed by atoms with E-state index in [1.807, 2.05) is 10.9 Å². The minimum Gasteiger partial charge on any atom is -0.249 e. The van der Waals surface area contributed by atoms with Gasteiger partial charge in [0.2, 0.25) is 0 Å². The van der Waals surface area contributed by atoms with Crippen LogP contribution in [0.4, 0.5) is 0 Å². The van der Waals surface area contributed by atoms with Crippen LogP contribution in [0.2, 0.25) is 0 Å². The molecule has 0 fully saturated rings. The first kappa shape index (κ1) is 11.8. The molecule has 17 heavy (non-hydrogen) atoms. The van der Waals surface area contributed by atoms with Gasteiger partial charge in [-0.15, -0.1) is 0 Å². The largest absolute Gasteiger partial charge is 0.249 e. The molecule has 0 unspecified atom stereocenters. The van der Waals surface area contributed by atoms with Gasteiger partial charge in [-0.1, -0.05) is 32.9 Å². The summed E-state index contributed by atoms with van der Waals surface area (Å²) in [7, 11) is 0. The molecular weight excluding hydrogens is 212 g/mol. The highest BCUT2D eigenvalue weighted by atomic mass is 15.3. The summed E-state index contributed by atoms with van der Waals surface area (Å²) in [6.45, 7) is 11.0. The molecule has 0 aliphatic carbocycles. The lowest BCUT2D eigenvalue weighted by Gasteiger charge is -2.06. The van der Waals surface area contributed by atoms with Crippen molar-refractivity contribution in [1.82, 2.24) is 19.7 Å². The van der Waals surface area contributed by atoms with Gasteiger partial charge in [-0.3, -0.25) is 0 Å². The number of fused-ring (bicyclic) bond motifs is 1. The molecule has 2 aromatic heterocycles. The molecule has 0 atom stereocenters. The highest BCUT2D eigenvalue weighted by Gasteiger charge is 2.09. The molecule has 0 aliphatic heterocycles. The molecule has 0 N–H and O–H groups in total. The second-order valence-corrected chi connectivity index (χ2v) is 4.56. The first-order chi connectivity index (χ1) is 8.11. The zero-order valence-corrected chi connectivity index (χ0v) is 10.6. The Morgan fingerprint density at radius 3 is 2.82 bits per heavy atom. The SMILES string of the molecule is C=C(CC)Cn1ncc2ncc(C(C)C)nc21. The fourth-order valence-electron chi connectivity index (χ4n) is 1.58. The Bertz CT molecular complexity index is 539. The number of hydrogen-bond donors (Lipinski definition) is 0. The number of hydrogen-bond acceptors (Lipinski definition) is 3. The molecule has 0 aromatic carbocycles. The van der Waals surface area contributed by atoms with E-state index >= 15 is 0 Å². The van der Waals surface area contributed by atoms with Gasteiger partial charge in [0.25, 0.3) is 0 Å². The minimum atomic E-state index is 0.379. The van der Waals surface area contributed by atoms with Gasteiger partial charge in [-0.2, -0.15) is 5.10 Å². The van der Waals surface area contributed by atoms with Crippen LogP contribution >= 0.6 is 0 Å². The molecule has 2 aromatic rings. The summed E-state index contributed by atoms with van der Waals surface area (Å²) in [4.78, 5) is 9.00. The van der Waals surface area contributed by atoms with E-state index in [1.165, 1.54) is 0 Å². The van der Waals surface area contributed by atoms with Crippen molar-refractivity contribution in [3.8, 4) is 0 Å². The second kappa shape index (κ2) is 4.65. The topological polar surface area (TPSA) is 43.6 Å². The average Bonchev–Trinajstić information content (AvgIpc) is 2.71. The van der Waals surface area contributed by atoms with Gasteiger partial charge >= 0.3 is 0 Å². The molecule has 2 heterocycles. The molecule has 4 nitrogen and oxygen atoms in total. The van der Waals surface area contributed by atoms with E-state index in [9.17, 15) is 0 Å². The van der Waals surface area contributed by atoms with E-state index in [-0.39, 0.29) is 0 Å². The summed E-state index contributed by atoms with van der Waals surface area (Å²) >= 11 is 0. The summed E-state index contributed by atoms with van der Waals surface area (Å²) in [5.41, 5.74) is 3.84. The number of rotatable bonds is 4. The molecule has 0 saturated carbocycles. The molecule has 0 amide bonds. The number of aromatic nitrogens is 4. The Morgan fingerprint density at radius 2 is 2.18 bits per heavy atom. The van der Waals surface area contributed by atoms with Crippen LogP contribution in [0.25, 0.3) is 11.2 Å². The monoisotopic (exact) mass is 230 g/mol. The van der Waals surface area contributed by atoms with Gasteiger partial charge in [0.1, 0.15) is 5.52 Å². The van der Waals surface area contributed by atoms with Gasteiger partial charge in [-0.25, -0.2) is 14.6 Å². The van der Waals surface area contributed by atoms with Crippen molar-refractivity contribution in [2.24, 2.45) is 0 Å². The lowest BCUT2D eigenvalue weighted by Crippen LogP contribution is -2.04. The lowest BCUT2D eigenvalue weighted by molar-refractivity contribution is 0.676. The Balaban J connectivity index is 2.43. The van der Waals surface area contributed by atoms with Gasteiger partial charge < -0.3 is 0 Å². The van der Waals surface area contributed by atoms with Crippen LogP contribution in [0.3, 0.4) is 0 Å². The molecule has 0 aliphatic rings. The molecule has 4 heteroatoms. The molecule has 2 rings (SSSR count). The summed E-state index contributed by atoms with van der Waals surface area (Å²) < 4.78 is 1.88. The van der Waals surface area contributed by atoms with Gasteiger partial charge in [-0.05, 0) is 12.3 Å². The summed E-state index contributed by atoms with van der Waals surface area (Å²) in [6, 6.07) is 0. The third-order valence-electron chi connectivity index (χ3n) is 2.83. The first-order valence-electron chi connectivity index (χ1n) is 5.97. The summed E-state index contributed by atoms with van der Waals surface area (Å²) in [6.07, 6.45) is 4.54. The van der Waals surface area contributed by atoms with Crippen molar-refractivity contribution in [3.63, 3.8) is 0 Å². The lowest BCUT2D eigenvalue weighted by atomic mass is 10.1. The highest BCUT2D eigenvalue weighted by molar-refractivity contribution is 5.69. The second-order valence-electron chi connectivity index (χ2n) is 4.56. The van der Waals surface area contributed by atoms with Gasteiger partial charge in [0.15, 0.2) is 5.65 Å². The zero-order chi connectivity index (χ0) is 12.4. The number of nitrogens with zero attached hydrogens (tertiary/aromatic N) is 4. The van der Waals surface area contributed by atoms with Crippen molar-refractivity contribution < 1.29 is 0 Å². The summed E-state index contributed by atoms with van der Waals surface area (Å²) in [5, 5.41) is 4.31. The Kier molecular flexibility index (Phi) is 3.22. The fourth-order valence-corrected chi connectivity index (χ4v) is 1.58. The Labute approximate surface area is 101 Å². The Morgan fingerprint density at radius 1 is 1.41 bits per heavy atom. The van der Waals surface area contributed by atoms with Crippen LogP contribution in [0.5, 0.6) is 0 Å². The van der Waals surface area contributed by atoms with E-state index < -0.39 is 0 Å². The van der Waals surface area contributed by atoms with E-state index in [1.54, 1.807) is 6.20 Å². The Hall–Kier alpha value is -1.71. The van der Waals surface area contributed by atoms with Crippen LogP contribution in [0, 0.1) is 0 Å². The molecule has 0 bridgehead atoms. The molecule has 0 radical (unpaired) electrons. The van der Waals surface area contributed by atoms with Crippen LogP contribution in [-0.4, -0.2) is 19.7 Å². The zero-order valence-electron chi connectivity index (χ0n) is 10.6. The quantitative estimate of drug-likeness (QED) is 0.758. The number of allylic oxidation sites excluding steroid dienone is 1. The maximum absolute atomic E-state index is 4.62. The minimum absolute atomic E-state index is 0.379. The third-order valence-corrected chi connectivity index (χ3v) is 2.83. The van der Waals surface area contributed by atoms with Crippen LogP contribution in [0.15, 0.2) is 24.5 Å². The van der Waals surface area contributed by atoms with Crippen molar-refractivity contribution in [2.45, 2.75) is 39.7 Å². The molecule has 0 spiro atoms. The van der Waals surface area contributed by atoms with Crippen LogP contribution in [-0.2, 0) is 6.54 Å². The van der Waals surface area contributed by atoms with Crippen molar-refractivity contribution in [2.75, 3.05) is 0 Å². The van der Waals surface area contributed by atoms with E-state index in [4.69, 9.17) is 0 Å². The fraction of sp³-hybridized carbons (Fsp3) is 0.462. The maximum Gasteiger partial charge on any atom is 0.177 e. The van der Waals surface area contributed by atoms with Crippen LogP contribution < -0.4 is 0 Å². The van der Waals surface area contributed by atoms with Crippen molar-refractivity contribution >= 4 is 11.2 Å². The van der Waals surface area contributed by atoms with E-state index in [0.717, 1.165) is 35.4 Å². The normalized spacial score (nSPS) is 11.3. The molecular formula is C13H18N4. The maximum atomic E-state index is 4.62. The van der Waals surface area contributed by atoms with Crippen molar-refractivity contribution in [1.29, 1.82) is 0 Å². The summed E-state index contributed by atoms with van der Waals surface area (Å²) in [5.74, 6) is 0.379. The first-order valence-corrected chi connectivity index (χ1v) is 5.97. The third kappa shape index (κ3) is 2.35. The highest BCUT2D eigenvalue weighted by Crippen LogP contribution is 2.15. The van der Waals surface area contributed by atoms with E-state index in [2.05, 4.69) is 42.4 Å². The molecule has 0 saturated heterocycles. The predicted molar refractivity (Wildman–Crippen MR) is 68.8 cm³/mol. The average molecular weight is 230 g/mol. The van der Waals surface area contributed by atoms with Gasteiger partial charge in [0, 0.05) is 6.20 Å². The smallest absolute Gasteiger partial charge is 0.177 e. The van der Waals surface area contributed by atoms with Crippen molar-refractivity contribution in [3.05, 3.63) is 30.2 Å². The molecule has 90 valence electrons.